The van der Waals surface area contributed by atoms with Crippen molar-refractivity contribution < 1.29 is 23.8 Å². The average molecular weight is 417 g/mol. The average Bonchev–Trinajstić information content (AvgIpc) is 2.68. The molecule has 1 aromatic heterocycles. The Kier molecular flexibility index (Phi) is 10.6. The Morgan fingerprint density at radius 3 is 2.53 bits per heavy atom. The van der Waals surface area contributed by atoms with Gasteiger partial charge < -0.3 is 14.3 Å². The van der Waals surface area contributed by atoms with Gasteiger partial charge in [0.05, 0.1) is 6.61 Å². The van der Waals surface area contributed by atoms with Crippen LogP contribution in [-0.2, 0) is 9.53 Å². The largest absolute Gasteiger partial charge is 0.507 e. The van der Waals surface area contributed by atoms with Gasteiger partial charge >= 0.3 is 11.6 Å². The summed E-state index contributed by atoms with van der Waals surface area (Å²) in [5.41, 5.74) is 0.259. The molecule has 0 amide bonds. The zero-order valence-corrected chi connectivity index (χ0v) is 18.5. The third-order valence-corrected chi connectivity index (χ3v) is 4.59. The number of Topliss-reactive ketones (excluding diaryl/α,β-unsaturated/α-hetero) is 1. The standard InChI is InChI=1S/C24H32O6/c1-6-10-16(3)13-14-18(5)23(27)22-19(25)15-20(30-24(22)28)17(4)11-8-9-12-21(26)29-7-2/h9,12-15,17,25H,6-8,10-11H2,1-5H3/b12-9+,16-13+,18-14+. The zero-order chi connectivity index (χ0) is 22.7. The molecular weight excluding hydrogens is 384 g/mol. The third kappa shape index (κ3) is 7.85. The minimum atomic E-state index is -0.856. The summed E-state index contributed by atoms with van der Waals surface area (Å²) in [6.07, 6.45) is 9.62. The minimum absolute atomic E-state index is 0.184. The van der Waals surface area contributed by atoms with Gasteiger partial charge in [0.2, 0.25) is 0 Å². The van der Waals surface area contributed by atoms with Crippen molar-refractivity contribution in [3.63, 3.8) is 0 Å². The molecule has 1 aromatic rings. The summed E-state index contributed by atoms with van der Waals surface area (Å²) in [6.45, 7) is 9.53. The van der Waals surface area contributed by atoms with E-state index in [0.717, 1.165) is 18.4 Å². The first-order valence-electron chi connectivity index (χ1n) is 10.3. The highest BCUT2D eigenvalue weighted by Gasteiger charge is 2.21. The maximum Gasteiger partial charge on any atom is 0.351 e. The van der Waals surface area contributed by atoms with Gasteiger partial charge in [0.15, 0.2) is 5.78 Å². The van der Waals surface area contributed by atoms with Gasteiger partial charge in [-0.15, -0.1) is 0 Å². The van der Waals surface area contributed by atoms with Crippen LogP contribution in [0.3, 0.4) is 0 Å². The second kappa shape index (κ2) is 12.6. The summed E-state index contributed by atoms with van der Waals surface area (Å²) in [5, 5.41) is 10.3. The fourth-order valence-corrected chi connectivity index (χ4v) is 2.83. The van der Waals surface area contributed by atoms with E-state index in [1.165, 1.54) is 12.1 Å². The van der Waals surface area contributed by atoms with Crippen molar-refractivity contribution in [3.8, 4) is 5.75 Å². The van der Waals surface area contributed by atoms with Crippen molar-refractivity contribution in [2.45, 2.75) is 66.2 Å². The summed E-state index contributed by atoms with van der Waals surface area (Å²) in [4.78, 5) is 36.3. The smallest absolute Gasteiger partial charge is 0.351 e. The summed E-state index contributed by atoms with van der Waals surface area (Å²) >= 11 is 0. The molecule has 30 heavy (non-hydrogen) atoms. The predicted molar refractivity (Wildman–Crippen MR) is 117 cm³/mol. The second-order valence-corrected chi connectivity index (χ2v) is 7.27. The summed E-state index contributed by atoms with van der Waals surface area (Å²) < 4.78 is 10.1. The number of carbonyl (C=O) groups excluding carboxylic acids is 2. The van der Waals surface area contributed by atoms with Crippen LogP contribution < -0.4 is 5.63 Å². The van der Waals surface area contributed by atoms with Crippen LogP contribution in [0, 0.1) is 0 Å². The summed E-state index contributed by atoms with van der Waals surface area (Å²) in [6, 6.07) is 1.32. The SMILES string of the molecule is CCC/C(C)=C/C=C(\C)C(=O)c1c(O)cc(C(C)CC/C=C/C(=O)OCC)oc1=O. The number of esters is 1. The Labute approximate surface area is 177 Å². The molecule has 0 saturated carbocycles. The monoisotopic (exact) mass is 416 g/mol. The van der Waals surface area contributed by atoms with Crippen LogP contribution in [0.5, 0.6) is 5.75 Å². The van der Waals surface area contributed by atoms with Gasteiger partial charge in [-0.25, -0.2) is 9.59 Å². The van der Waals surface area contributed by atoms with Gasteiger partial charge in [0.1, 0.15) is 17.1 Å². The van der Waals surface area contributed by atoms with Crippen LogP contribution >= 0.6 is 0 Å². The Morgan fingerprint density at radius 1 is 1.23 bits per heavy atom. The van der Waals surface area contributed by atoms with Crippen LogP contribution in [0.2, 0.25) is 0 Å². The van der Waals surface area contributed by atoms with Gasteiger partial charge in [0.25, 0.3) is 0 Å². The van der Waals surface area contributed by atoms with E-state index in [0.29, 0.717) is 30.8 Å². The van der Waals surface area contributed by atoms with Crippen molar-refractivity contribution in [3.05, 3.63) is 63.3 Å². The lowest BCUT2D eigenvalue weighted by Crippen LogP contribution is -2.16. The molecule has 0 aliphatic heterocycles. The van der Waals surface area contributed by atoms with Crippen LogP contribution in [0.15, 0.2) is 50.7 Å². The number of hydrogen-bond acceptors (Lipinski definition) is 6. The van der Waals surface area contributed by atoms with E-state index in [2.05, 4.69) is 6.92 Å². The van der Waals surface area contributed by atoms with Crippen molar-refractivity contribution in [1.29, 1.82) is 0 Å². The first-order valence-corrected chi connectivity index (χ1v) is 10.3. The molecule has 1 atom stereocenters. The number of hydrogen-bond donors (Lipinski definition) is 1. The number of allylic oxidation sites excluding steroid dienone is 5. The zero-order valence-electron chi connectivity index (χ0n) is 18.5. The highest BCUT2D eigenvalue weighted by Crippen LogP contribution is 2.26. The molecule has 0 aliphatic carbocycles. The summed E-state index contributed by atoms with van der Waals surface area (Å²) in [5.74, 6) is -1.24. The van der Waals surface area contributed by atoms with E-state index < -0.39 is 17.4 Å². The molecule has 1 heterocycles. The first kappa shape index (κ1) is 25.1. The quantitative estimate of drug-likeness (QED) is 0.230. The molecule has 0 spiro atoms. The van der Waals surface area contributed by atoms with E-state index in [9.17, 15) is 19.5 Å². The van der Waals surface area contributed by atoms with Gasteiger partial charge in [-0.1, -0.05) is 44.1 Å². The Morgan fingerprint density at radius 2 is 1.93 bits per heavy atom. The van der Waals surface area contributed by atoms with Gasteiger partial charge in [-0.2, -0.15) is 0 Å². The van der Waals surface area contributed by atoms with E-state index in [4.69, 9.17) is 9.15 Å². The molecule has 6 nitrogen and oxygen atoms in total. The lowest BCUT2D eigenvalue weighted by Gasteiger charge is -2.11. The Bertz CT molecular complexity index is 885. The van der Waals surface area contributed by atoms with E-state index >= 15 is 0 Å². The van der Waals surface area contributed by atoms with Crippen molar-refractivity contribution in [2.75, 3.05) is 6.61 Å². The van der Waals surface area contributed by atoms with Crippen LogP contribution in [0.25, 0.3) is 0 Å². The molecule has 164 valence electrons. The van der Waals surface area contributed by atoms with E-state index in [-0.39, 0.29) is 17.2 Å². The fourth-order valence-electron chi connectivity index (χ4n) is 2.83. The molecule has 6 heteroatoms. The fraction of sp³-hybridized carbons (Fsp3) is 0.458. The van der Waals surface area contributed by atoms with Gasteiger partial charge in [-0.05, 0) is 45.6 Å². The number of aromatic hydroxyl groups is 1. The number of ether oxygens (including phenoxy) is 1. The Hall–Kier alpha value is -2.89. The second-order valence-electron chi connectivity index (χ2n) is 7.27. The topological polar surface area (TPSA) is 93.8 Å². The molecule has 0 radical (unpaired) electrons. The van der Waals surface area contributed by atoms with Gasteiger partial charge in [-0.3, -0.25) is 4.79 Å². The first-order chi connectivity index (χ1) is 14.2. The Balaban J connectivity index is 2.92. The highest BCUT2D eigenvalue weighted by molar-refractivity contribution is 6.09. The predicted octanol–water partition coefficient (Wildman–Crippen LogP) is 5.22. The van der Waals surface area contributed by atoms with Crippen LogP contribution in [0.1, 0.15) is 82.3 Å². The molecule has 1 rings (SSSR count). The molecule has 0 fully saturated rings. The molecule has 0 bridgehead atoms. The molecule has 1 unspecified atom stereocenters. The van der Waals surface area contributed by atoms with E-state index in [1.807, 2.05) is 19.9 Å². The molecular formula is C24H32O6. The van der Waals surface area contributed by atoms with Gasteiger partial charge in [0, 0.05) is 18.1 Å². The van der Waals surface area contributed by atoms with Crippen molar-refractivity contribution >= 4 is 11.8 Å². The molecule has 0 saturated heterocycles. The maximum absolute atomic E-state index is 12.6. The highest BCUT2D eigenvalue weighted by atomic mass is 16.5. The maximum atomic E-state index is 12.6. The lowest BCUT2D eigenvalue weighted by molar-refractivity contribution is -0.137. The number of carbonyl (C=O) groups is 2. The van der Waals surface area contributed by atoms with Crippen LogP contribution in [-0.4, -0.2) is 23.5 Å². The summed E-state index contributed by atoms with van der Waals surface area (Å²) in [7, 11) is 0. The number of rotatable bonds is 11. The molecule has 0 aromatic carbocycles. The van der Waals surface area contributed by atoms with Crippen molar-refractivity contribution in [1.82, 2.24) is 0 Å². The minimum Gasteiger partial charge on any atom is -0.507 e. The van der Waals surface area contributed by atoms with E-state index in [1.54, 1.807) is 26.0 Å². The third-order valence-electron chi connectivity index (χ3n) is 4.59. The molecule has 0 aliphatic rings. The van der Waals surface area contributed by atoms with Crippen molar-refractivity contribution in [2.24, 2.45) is 0 Å². The normalized spacial score (nSPS) is 13.5. The molecule has 1 N–H and O–H groups in total. The van der Waals surface area contributed by atoms with Crippen LogP contribution in [0.4, 0.5) is 0 Å². The lowest BCUT2D eigenvalue weighted by atomic mass is 9.99. The number of ketones is 1.